The Morgan fingerprint density at radius 3 is 3.00 bits per heavy atom. The first-order valence-corrected chi connectivity index (χ1v) is 5.41. The van der Waals surface area contributed by atoms with E-state index in [0.717, 1.165) is 0 Å². The average molecular weight is 245 g/mol. The number of carbonyl (C=O) groups excluding carboxylic acids is 1. The standard InChI is InChI=1S/C13H15N3O2/c1-3-7-15-9-12(17)16-13-10(8-14)5-4-6-11(13)18-2/h3-6,15H,1,7,9H2,2H3,(H,16,17). The maximum atomic E-state index is 11.7. The van der Waals surface area contributed by atoms with Gasteiger partial charge in [-0.05, 0) is 12.1 Å². The van der Waals surface area contributed by atoms with E-state index in [2.05, 4.69) is 17.2 Å². The fourth-order valence-electron chi connectivity index (χ4n) is 1.39. The van der Waals surface area contributed by atoms with Crippen LogP contribution in [-0.4, -0.2) is 26.1 Å². The Balaban J connectivity index is 2.79. The average Bonchev–Trinajstić information content (AvgIpc) is 2.39. The lowest BCUT2D eigenvalue weighted by Crippen LogP contribution is -2.28. The van der Waals surface area contributed by atoms with Crippen molar-refractivity contribution in [1.82, 2.24) is 5.32 Å². The monoisotopic (exact) mass is 245 g/mol. The van der Waals surface area contributed by atoms with E-state index in [1.165, 1.54) is 7.11 Å². The van der Waals surface area contributed by atoms with Gasteiger partial charge < -0.3 is 15.4 Å². The van der Waals surface area contributed by atoms with Gasteiger partial charge in [0.1, 0.15) is 17.5 Å². The predicted octanol–water partition coefficient (Wildman–Crippen LogP) is 1.28. The van der Waals surface area contributed by atoms with Gasteiger partial charge in [-0.3, -0.25) is 4.79 Å². The number of hydrogen-bond acceptors (Lipinski definition) is 4. The van der Waals surface area contributed by atoms with Gasteiger partial charge in [0.05, 0.1) is 19.2 Å². The summed E-state index contributed by atoms with van der Waals surface area (Å²) in [7, 11) is 1.49. The molecule has 2 N–H and O–H groups in total. The molecule has 0 bridgehead atoms. The third-order valence-corrected chi connectivity index (χ3v) is 2.21. The number of methoxy groups -OCH3 is 1. The highest BCUT2D eigenvalue weighted by molar-refractivity contribution is 5.95. The zero-order chi connectivity index (χ0) is 13.4. The minimum Gasteiger partial charge on any atom is -0.495 e. The van der Waals surface area contributed by atoms with Gasteiger partial charge in [-0.25, -0.2) is 0 Å². The fraction of sp³-hybridized carbons (Fsp3) is 0.231. The first kappa shape index (κ1) is 13.7. The molecule has 0 aliphatic carbocycles. The van der Waals surface area contributed by atoms with Crippen molar-refractivity contribution in [2.24, 2.45) is 0 Å². The minimum absolute atomic E-state index is 0.148. The number of anilines is 1. The molecule has 0 unspecified atom stereocenters. The van der Waals surface area contributed by atoms with Crippen LogP contribution in [0.25, 0.3) is 0 Å². The van der Waals surface area contributed by atoms with Crippen LogP contribution in [0.4, 0.5) is 5.69 Å². The second-order valence-electron chi connectivity index (χ2n) is 3.46. The number of para-hydroxylation sites is 1. The molecule has 1 rings (SSSR count). The van der Waals surface area contributed by atoms with E-state index in [1.807, 2.05) is 6.07 Å². The Morgan fingerprint density at radius 1 is 1.61 bits per heavy atom. The van der Waals surface area contributed by atoms with Crippen LogP contribution in [0.2, 0.25) is 0 Å². The summed E-state index contributed by atoms with van der Waals surface area (Å²) in [6.45, 7) is 4.23. The summed E-state index contributed by atoms with van der Waals surface area (Å²) in [5.74, 6) is 0.226. The van der Waals surface area contributed by atoms with Crippen LogP contribution in [0.1, 0.15) is 5.56 Å². The third-order valence-electron chi connectivity index (χ3n) is 2.21. The van der Waals surface area contributed by atoms with Crippen molar-refractivity contribution in [3.63, 3.8) is 0 Å². The molecule has 1 aromatic rings. The maximum absolute atomic E-state index is 11.7. The van der Waals surface area contributed by atoms with Crippen LogP contribution in [-0.2, 0) is 4.79 Å². The topological polar surface area (TPSA) is 74.2 Å². The molecular weight excluding hydrogens is 230 g/mol. The number of hydrogen-bond donors (Lipinski definition) is 2. The van der Waals surface area contributed by atoms with Gasteiger partial charge in [0.25, 0.3) is 0 Å². The number of rotatable bonds is 6. The van der Waals surface area contributed by atoms with Crippen molar-refractivity contribution in [3.05, 3.63) is 36.4 Å². The number of ether oxygens (including phenoxy) is 1. The van der Waals surface area contributed by atoms with Crippen LogP contribution in [0, 0.1) is 11.3 Å². The molecule has 0 aliphatic rings. The highest BCUT2D eigenvalue weighted by atomic mass is 16.5. The fourth-order valence-corrected chi connectivity index (χ4v) is 1.39. The van der Waals surface area contributed by atoms with E-state index in [4.69, 9.17) is 10.00 Å². The summed E-state index contributed by atoms with van der Waals surface area (Å²) in [5, 5.41) is 14.5. The zero-order valence-corrected chi connectivity index (χ0v) is 10.2. The normalized spacial score (nSPS) is 9.33. The molecule has 18 heavy (non-hydrogen) atoms. The van der Waals surface area contributed by atoms with Gasteiger partial charge in [-0.2, -0.15) is 5.26 Å². The lowest BCUT2D eigenvalue weighted by molar-refractivity contribution is -0.115. The van der Waals surface area contributed by atoms with E-state index in [9.17, 15) is 4.79 Å². The summed E-state index contributed by atoms with van der Waals surface area (Å²) < 4.78 is 5.11. The molecular formula is C13H15N3O2. The van der Waals surface area contributed by atoms with Crippen molar-refractivity contribution < 1.29 is 9.53 Å². The summed E-state index contributed by atoms with van der Waals surface area (Å²) in [4.78, 5) is 11.7. The predicted molar refractivity (Wildman–Crippen MR) is 69.4 cm³/mol. The van der Waals surface area contributed by atoms with E-state index < -0.39 is 0 Å². The Labute approximate surface area is 106 Å². The molecule has 94 valence electrons. The quantitative estimate of drug-likeness (QED) is 0.585. The van der Waals surface area contributed by atoms with Crippen LogP contribution in [0.5, 0.6) is 5.75 Å². The molecule has 0 heterocycles. The number of amides is 1. The molecule has 0 aromatic heterocycles. The smallest absolute Gasteiger partial charge is 0.238 e. The van der Waals surface area contributed by atoms with Crippen molar-refractivity contribution >= 4 is 11.6 Å². The van der Waals surface area contributed by atoms with Crippen LogP contribution >= 0.6 is 0 Å². The highest BCUT2D eigenvalue weighted by Crippen LogP contribution is 2.27. The van der Waals surface area contributed by atoms with Gasteiger partial charge in [-0.1, -0.05) is 12.1 Å². The number of benzene rings is 1. The third kappa shape index (κ3) is 3.61. The maximum Gasteiger partial charge on any atom is 0.238 e. The second-order valence-corrected chi connectivity index (χ2v) is 3.46. The Bertz CT molecular complexity index is 478. The van der Waals surface area contributed by atoms with E-state index in [1.54, 1.807) is 24.3 Å². The van der Waals surface area contributed by atoms with Gasteiger partial charge in [0.2, 0.25) is 5.91 Å². The lowest BCUT2D eigenvalue weighted by atomic mass is 10.1. The number of nitriles is 1. The van der Waals surface area contributed by atoms with Crippen LogP contribution in [0.15, 0.2) is 30.9 Å². The zero-order valence-electron chi connectivity index (χ0n) is 10.2. The SMILES string of the molecule is C=CCNCC(=O)Nc1c(C#N)cccc1OC. The molecule has 5 nitrogen and oxygen atoms in total. The summed E-state index contributed by atoms with van der Waals surface area (Å²) in [5.41, 5.74) is 0.763. The van der Waals surface area contributed by atoms with E-state index in [0.29, 0.717) is 23.5 Å². The summed E-state index contributed by atoms with van der Waals surface area (Å²) in [6, 6.07) is 7.02. The Morgan fingerprint density at radius 2 is 2.39 bits per heavy atom. The first-order valence-electron chi connectivity index (χ1n) is 5.41. The molecule has 0 atom stereocenters. The number of nitrogens with one attached hydrogen (secondary N) is 2. The Kier molecular flexibility index (Phi) is 5.42. The molecule has 0 saturated carbocycles. The van der Waals surface area contributed by atoms with Crippen molar-refractivity contribution in [3.8, 4) is 11.8 Å². The van der Waals surface area contributed by atoms with Crippen molar-refractivity contribution in [1.29, 1.82) is 5.26 Å². The molecule has 1 amide bonds. The van der Waals surface area contributed by atoms with E-state index >= 15 is 0 Å². The molecule has 5 heteroatoms. The largest absolute Gasteiger partial charge is 0.495 e. The summed E-state index contributed by atoms with van der Waals surface area (Å²) in [6.07, 6.45) is 1.66. The molecule has 0 aliphatic heterocycles. The number of nitrogens with zero attached hydrogens (tertiary/aromatic N) is 1. The highest BCUT2D eigenvalue weighted by Gasteiger charge is 2.11. The molecule has 1 aromatic carbocycles. The summed E-state index contributed by atoms with van der Waals surface area (Å²) >= 11 is 0. The second kappa shape index (κ2) is 7.09. The minimum atomic E-state index is -0.238. The Hall–Kier alpha value is -2.32. The van der Waals surface area contributed by atoms with Gasteiger partial charge in [0.15, 0.2) is 0 Å². The molecule has 0 saturated heterocycles. The van der Waals surface area contributed by atoms with Crippen LogP contribution < -0.4 is 15.4 Å². The van der Waals surface area contributed by atoms with Gasteiger partial charge >= 0.3 is 0 Å². The van der Waals surface area contributed by atoms with Crippen LogP contribution in [0.3, 0.4) is 0 Å². The van der Waals surface area contributed by atoms with Gasteiger partial charge in [-0.15, -0.1) is 6.58 Å². The van der Waals surface area contributed by atoms with Gasteiger partial charge in [0, 0.05) is 6.54 Å². The first-order chi connectivity index (χ1) is 8.72. The van der Waals surface area contributed by atoms with E-state index in [-0.39, 0.29) is 12.5 Å². The number of carbonyl (C=O) groups is 1. The van der Waals surface area contributed by atoms with Crippen molar-refractivity contribution in [2.75, 3.05) is 25.5 Å². The lowest BCUT2D eigenvalue weighted by Gasteiger charge is -2.11. The molecule has 0 radical (unpaired) electrons. The van der Waals surface area contributed by atoms with Crippen molar-refractivity contribution in [2.45, 2.75) is 0 Å². The molecule has 0 fully saturated rings. The molecule has 0 spiro atoms.